The van der Waals surface area contributed by atoms with E-state index in [9.17, 15) is 9.90 Å². The van der Waals surface area contributed by atoms with Crippen molar-refractivity contribution in [2.24, 2.45) is 0 Å². The van der Waals surface area contributed by atoms with Crippen LogP contribution in [0.5, 0.6) is 0 Å². The number of aliphatic hydroxyl groups is 1. The van der Waals surface area contributed by atoms with Crippen molar-refractivity contribution in [2.75, 3.05) is 0 Å². The maximum absolute atomic E-state index is 12.6. The lowest BCUT2D eigenvalue weighted by Crippen LogP contribution is -2.15. The van der Waals surface area contributed by atoms with Gasteiger partial charge in [-0.1, -0.05) is 30.3 Å². The number of allylic oxidation sites excluding steroid dienone is 1. The van der Waals surface area contributed by atoms with Crippen LogP contribution in [0.1, 0.15) is 35.7 Å². The number of fused-ring (bicyclic) bond motifs is 3. The molecule has 1 fully saturated rings. The standard InChI is InChI=1S/C18H14N2O2S/c21-13-8-20-16(14(13)11-4-2-1-3-5-11)19-17(22)15-12(10-6-7-10)9-23-18(15)20/h1-5,9-10,21H,6-8H2. The first kappa shape index (κ1) is 13.1. The van der Waals surface area contributed by atoms with Crippen LogP contribution in [0.2, 0.25) is 0 Å². The van der Waals surface area contributed by atoms with Crippen LogP contribution in [0.3, 0.4) is 0 Å². The Morgan fingerprint density at radius 3 is 2.74 bits per heavy atom. The summed E-state index contributed by atoms with van der Waals surface area (Å²) in [5, 5.41) is 13.3. The number of aromatic nitrogens is 2. The van der Waals surface area contributed by atoms with Crippen LogP contribution in [0.4, 0.5) is 0 Å². The van der Waals surface area contributed by atoms with Gasteiger partial charge in [-0.2, -0.15) is 4.98 Å². The zero-order valence-corrected chi connectivity index (χ0v) is 13.1. The van der Waals surface area contributed by atoms with Crippen molar-refractivity contribution in [1.29, 1.82) is 0 Å². The van der Waals surface area contributed by atoms with Crippen molar-refractivity contribution in [3.05, 3.63) is 68.8 Å². The molecule has 3 heterocycles. The van der Waals surface area contributed by atoms with Crippen LogP contribution < -0.4 is 5.56 Å². The van der Waals surface area contributed by atoms with Gasteiger partial charge in [-0.05, 0) is 35.3 Å². The number of thiophene rings is 1. The second-order valence-electron chi connectivity index (χ2n) is 6.16. The Hall–Kier alpha value is -2.40. The molecule has 1 aliphatic carbocycles. The molecule has 0 amide bonds. The van der Waals surface area contributed by atoms with Crippen molar-refractivity contribution in [1.82, 2.24) is 9.55 Å². The van der Waals surface area contributed by atoms with E-state index >= 15 is 0 Å². The second kappa shape index (κ2) is 4.55. The summed E-state index contributed by atoms with van der Waals surface area (Å²) in [5.41, 5.74) is 2.54. The second-order valence-corrected chi connectivity index (χ2v) is 7.02. The first-order valence-corrected chi connectivity index (χ1v) is 8.62. The molecule has 0 atom stereocenters. The summed E-state index contributed by atoms with van der Waals surface area (Å²) in [4.78, 5) is 17.9. The minimum atomic E-state index is -0.169. The minimum Gasteiger partial charge on any atom is -0.510 e. The van der Waals surface area contributed by atoms with Gasteiger partial charge in [0.2, 0.25) is 0 Å². The Labute approximate surface area is 136 Å². The number of hydrogen-bond donors (Lipinski definition) is 1. The van der Waals surface area contributed by atoms with E-state index < -0.39 is 0 Å². The lowest BCUT2D eigenvalue weighted by atomic mass is 10.1. The predicted octanol–water partition coefficient (Wildman–Crippen LogP) is 3.67. The quantitative estimate of drug-likeness (QED) is 0.783. The van der Waals surface area contributed by atoms with Crippen LogP contribution >= 0.6 is 11.3 Å². The first-order chi connectivity index (χ1) is 11.2. The Morgan fingerprint density at radius 1 is 1.22 bits per heavy atom. The fraction of sp³-hybridized carbons (Fsp3) is 0.222. The summed E-state index contributed by atoms with van der Waals surface area (Å²) < 4.78 is 1.98. The zero-order chi connectivity index (χ0) is 15.6. The van der Waals surface area contributed by atoms with Gasteiger partial charge < -0.3 is 9.67 Å². The van der Waals surface area contributed by atoms with E-state index in [-0.39, 0.29) is 11.3 Å². The summed E-state index contributed by atoms with van der Waals surface area (Å²) in [7, 11) is 0. The third-order valence-electron chi connectivity index (χ3n) is 4.62. The van der Waals surface area contributed by atoms with Crippen LogP contribution in [-0.2, 0) is 6.54 Å². The van der Waals surface area contributed by atoms with Gasteiger partial charge in [0, 0.05) is 0 Å². The van der Waals surface area contributed by atoms with Gasteiger partial charge in [0.05, 0.1) is 17.5 Å². The van der Waals surface area contributed by atoms with Gasteiger partial charge in [-0.25, -0.2) is 0 Å². The molecule has 0 bridgehead atoms. The molecule has 0 radical (unpaired) electrons. The molecule has 2 aliphatic rings. The molecule has 0 unspecified atom stereocenters. The predicted molar refractivity (Wildman–Crippen MR) is 90.9 cm³/mol. The summed E-state index contributed by atoms with van der Waals surface area (Å²) >= 11 is 1.59. The smallest absolute Gasteiger partial charge is 0.282 e. The lowest BCUT2D eigenvalue weighted by Gasteiger charge is -2.07. The van der Waals surface area contributed by atoms with Crippen molar-refractivity contribution in [3.8, 4) is 0 Å². The molecule has 5 heteroatoms. The number of rotatable bonds is 2. The SMILES string of the molecule is O=c1nc2n(c3scc(C4CC4)c13)CC(O)=C2c1ccccc1. The molecule has 114 valence electrons. The molecule has 1 aliphatic heterocycles. The Balaban J connectivity index is 1.78. The zero-order valence-electron chi connectivity index (χ0n) is 12.3. The van der Waals surface area contributed by atoms with Crippen LogP contribution in [0, 0.1) is 0 Å². The van der Waals surface area contributed by atoms with E-state index in [0.29, 0.717) is 23.9 Å². The summed E-state index contributed by atoms with van der Waals surface area (Å²) in [5.74, 6) is 1.38. The fourth-order valence-electron chi connectivity index (χ4n) is 3.37. The van der Waals surface area contributed by atoms with Gasteiger partial charge in [0.1, 0.15) is 16.4 Å². The highest BCUT2D eigenvalue weighted by molar-refractivity contribution is 7.17. The van der Waals surface area contributed by atoms with E-state index in [4.69, 9.17) is 0 Å². The highest BCUT2D eigenvalue weighted by Gasteiger charge is 2.31. The van der Waals surface area contributed by atoms with Crippen molar-refractivity contribution in [3.63, 3.8) is 0 Å². The van der Waals surface area contributed by atoms with Crippen LogP contribution in [0.25, 0.3) is 15.8 Å². The summed E-state index contributed by atoms with van der Waals surface area (Å²) in [6.07, 6.45) is 2.32. The van der Waals surface area contributed by atoms with Gasteiger partial charge in [-0.3, -0.25) is 4.79 Å². The van der Waals surface area contributed by atoms with Crippen molar-refractivity contribution in [2.45, 2.75) is 25.3 Å². The number of hydrogen-bond acceptors (Lipinski definition) is 4. The number of benzene rings is 1. The van der Waals surface area contributed by atoms with E-state index in [0.717, 1.165) is 34.2 Å². The number of aliphatic hydroxyl groups excluding tert-OH is 1. The van der Waals surface area contributed by atoms with E-state index in [1.165, 1.54) is 0 Å². The molecule has 3 aromatic rings. The molecule has 1 N–H and O–H groups in total. The maximum atomic E-state index is 12.6. The molecule has 1 saturated carbocycles. The average molecular weight is 322 g/mol. The van der Waals surface area contributed by atoms with Gasteiger partial charge >= 0.3 is 0 Å². The highest BCUT2D eigenvalue weighted by Crippen LogP contribution is 2.45. The topological polar surface area (TPSA) is 55.1 Å². The summed E-state index contributed by atoms with van der Waals surface area (Å²) in [6, 6.07) is 9.64. The molecule has 5 rings (SSSR count). The molecule has 23 heavy (non-hydrogen) atoms. The van der Waals surface area contributed by atoms with E-state index in [1.807, 2.05) is 34.9 Å². The van der Waals surface area contributed by atoms with Crippen LogP contribution in [0.15, 0.2) is 46.3 Å². The Kier molecular flexibility index (Phi) is 2.59. The minimum absolute atomic E-state index is 0.169. The van der Waals surface area contributed by atoms with Crippen molar-refractivity contribution < 1.29 is 5.11 Å². The van der Waals surface area contributed by atoms with Crippen molar-refractivity contribution >= 4 is 27.1 Å². The third kappa shape index (κ3) is 1.83. The van der Waals surface area contributed by atoms with Gasteiger partial charge in [0.25, 0.3) is 5.56 Å². The van der Waals surface area contributed by atoms with E-state index in [2.05, 4.69) is 10.4 Å². The lowest BCUT2D eigenvalue weighted by molar-refractivity contribution is 0.389. The first-order valence-electron chi connectivity index (χ1n) is 7.74. The fourth-order valence-corrected chi connectivity index (χ4v) is 4.52. The molecule has 4 nitrogen and oxygen atoms in total. The average Bonchev–Trinajstić information content (AvgIpc) is 3.21. The molecular formula is C18H14N2O2S. The molecule has 0 saturated heterocycles. The van der Waals surface area contributed by atoms with Gasteiger partial charge in [-0.15, -0.1) is 11.3 Å². The largest absolute Gasteiger partial charge is 0.510 e. The molecule has 2 aromatic heterocycles. The van der Waals surface area contributed by atoms with Gasteiger partial charge in [0.15, 0.2) is 0 Å². The van der Waals surface area contributed by atoms with E-state index in [1.54, 1.807) is 11.3 Å². The molecular weight excluding hydrogens is 308 g/mol. The Morgan fingerprint density at radius 2 is 2.00 bits per heavy atom. The molecule has 1 aromatic carbocycles. The number of nitrogens with zero attached hydrogens (tertiary/aromatic N) is 2. The monoisotopic (exact) mass is 322 g/mol. The highest BCUT2D eigenvalue weighted by atomic mass is 32.1. The normalized spacial score (nSPS) is 17.0. The van der Waals surface area contributed by atoms with Crippen LogP contribution in [-0.4, -0.2) is 14.7 Å². The summed E-state index contributed by atoms with van der Waals surface area (Å²) in [6.45, 7) is 0.383. The maximum Gasteiger partial charge on any atom is 0.282 e. The molecule has 0 spiro atoms. The Bertz CT molecular complexity index is 1030. The third-order valence-corrected chi connectivity index (χ3v) is 5.64.